The Labute approximate surface area is 94.3 Å². The summed E-state index contributed by atoms with van der Waals surface area (Å²) < 4.78 is 0. The zero-order chi connectivity index (χ0) is 10.3. The Kier molecular flexibility index (Phi) is 2.37. The van der Waals surface area contributed by atoms with Gasteiger partial charge in [0.2, 0.25) is 0 Å². The summed E-state index contributed by atoms with van der Waals surface area (Å²) in [5, 5.41) is 9.97. The van der Waals surface area contributed by atoms with Gasteiger partial charge in [0.05, 0.1) is 17.8 Å². The number of rotatable bonds is 0. The van der Waals surface area contributed by atoms with Gasteiger partial charge in [-0.15, -0.1) is 11.8 Å². The van der Waals surface area contributed by atoms with E-state index >= 15 is 0 Å². The van der Waals surface area contributed by atoms with E-state index in [0.29, 0.717) is 6.04 Å². The van der Waals surface area contributed by atoms with Crippen LogP contribution in [0.5, 0.6) is 0 Å². The van der Waals surface area contributed by atoms with E-state index in [1.165, 1.54) is 10.6 Å². The van der Waals surface area contributed by atoms with Gasteiger partial charge < -0.3 is 10.0 Å². The Morgan fingerprint density at radius 2 is 2.20 bits per heavy atom. The van der Waals surface area contributed by atoms with Crippen LogP contribution in [0.15, 0.2) is 29.2 Å². The molecule has 15 heavy (non-hydrogen) atoms. The van der Waals surface area contributed by atoms with Gasteiger partial charge >= 0.3 is 0 Å². The number of nitrogens with zero attached hydrogens (tertiary/aromatic N) is 1. The van der Waals surface area contributed by atoms with Crippen molar-refractivity contribution in [3.05, 3.63) is 24.3 Å². The van der Waals surface area contributed by atoms with Crippen LogP contribution in [0.4, 0.5) is 5.69 Å². The molecule has 3 heteroatoms. The summed E-state index contributed by atoms with van der Waals surface area (Å²) in [5.41, 5.74) is 1.32. The molecule has 2 unspecified atom stereocenters. The van der Waals surface area contributed by atoms with Crippen molar-refractivity contribution in [1.29, 1.82) is 0 Å². The topological polar surface area (TPSA) is 23.5 Å². The maximum absolute atomic E-state index is 9.97. The van der Waals surface area contributed by atoms with E-state index < -0.39 is 0 Å². The van der Waals surface area contributed by atoms with Crippen molar-refractivity contribution in [2.75, 3.05) is 17.2 Å². The number of para-hydroxylation sites is 1. The smallest absolute Gasteiger partial charge is 0.0752 e. The number of fused-ring (bicyclic) bond motifs is 3. The largest absolute Gasteiger partial charge is 0.391 e. The van der Waals surface area contributed by atoms with Crippen LogP contribution in [-0.2, 0) is 0 Å². The molecule has 0 aromatic heterocycles. The first-order chi connectivity index (χ1) is 7.36. The van der Waals surface area contributed by atoms with Crippen LogP contribution in [0.2, 0.25) is 0 Å². The Morgan fingerprint density at radius 1 is 1.33 bits per heavy atom. The minimum Gasteiger partial charge on any atom is -0.391 e. The van der Waals surface area contributed by atoms with E-state index in [-0.39, 0.29) is 6.10 Å². The molecule has 2 aliphatic heterocycles. The first-order valence-corrected chi connectivity index (χ1v) is 6.51. The Bertz CT molecular complexity index is 368. The van der Waals surface area contributed by atoms with Crippen molar-refractivity contribution < 1.29 is 5.11 Å². The molecule has 0 aliphatic carbocycles. The SMILES string of the molecule is OC1CCCN2c3ccccc3SCC12. The molecule has 1 aromatic rings. The lowest BCUT2D eigenvalue weighted by molar-refractivity contribution is 0.120. The molecule has 2 atom stereocenters. The highest BCUT2D eigenvalue weighted by atomic mass is 32.2. The monoisotopic (exact) mass is 221 g/mol. The lowest BCUT2D eigenvalue weighted by atomic mass is 9.99. The summed E-state index contributed by atoms with van der Waals surface area (Å²) >= 11 is 1.88. The fourth-order valence-corrected chi connectivity index (χ4v) is 3.79. The first kappa shape index (κ1) is 9.55. The van der Waals surface area contributed by atoms with Crippen molar-refractivity contribution in [2.45, 2.75) is 29.9 Å². The second-order valence-electron chi connectivity index (χ2n) is 4.25. The summed E-state index contributed by atoms with van der Waals surface area (Å²) in [4.78, 5) is 3.75. The summed E-state index contributed by atoms with van der Waals surface area (Å²) in [6.07, 6.45) is 1.93. The number of hydrogen-bond acceptors (Lipinski definition) is 3. The van der Waals surface area contributed by atoms with E-state index in [0.717, 1.165) is 25.1 Å². The van der Waals surface area contributed by atoms with Crippen LogP contribution < -0.4 is 4.90 Å². The van der Waals surface area contributed by atoms with Gasteiger partial charge in [-0.1, -0.05) is 12.1 Å². The van der Waals surface area contributed by atoms with Gasteiger partial charge in [0.1, 0.15) is 0 Å². The molecule has 3 rings (SSSR count). The number of benzene rings is 1. The minimum absolute atomic E-state index is 0.139. The van der Waals surface area contributed by atoms with Crippen molar-refractivity contribution in [1.82, 2.24) is 0 Å². The molecule has 80 valence electrons. The lowest BCUT2D eigenvalue weighted by Crippen LogP contribution is -2.51. The number of aliphatic hydroxyl groups is 1. The molecule has 2 nitrogen and oxygen atoms in total. The van der Waals surface area contributed by atoms with E-state index in [9.17, 15) is 5.11 Å². The van der Waals surface area contributed by atoms with Gasteiger partial charge in [0, 0.05) is 17.2 Å². The van der Waals surface area contributed by atoms with Gasteiger partial charge in [-0.3, -0.25) is 0 Å². The number of aliphatic hydroxyl groups excluding tert-OH is 1. The van der Waals surface area contributed by atoms with E-state index in [1.807, 2.05) is 11.8 Å². The summed E-state index contributed by atoms with van der Waals surface area (Å²) in [6.45, 7) is 1.10. The molecule has 1 N–H and O–H groups in total. The third kappa shape index (κ3) is 1.54. The number of anilines is 1. The summed E-state index contributed by atoms with van der Waals surface area (Å²) in [6, 6.07) is 8.86. The Morgan fingerprint density at radius 3 is 3.13 bits per heavy atom. The molecule has 0 spiro atoms. The second kappa shape index (κ2) is 3.72. The Hall–Kier alpha value is -0.670. The van der Waals surface area contributed by atoms with Crippen LogP contribution in [0.1, 0.15) is 12.8 Å². The predicted molar refractivity (Wildman–Crippen MR) is 63.5 cm³/mol. The molecule has 0 saturated carbocycles. The molecule has 0 bridgehead atoms. The average molecular weight is 221 g/mol. The number of thioether (sulfide) groups is 1. The molecule has 0 amide bonds. The second-order valence-corrected chi connectivity index (χ2v) is 5.31. The van der Waals surface area contributed by atoms with Crippen LogP contribution in [0.25, 0.3) is 0 Å². The molecule has 2 aliphatic rings. The van der Waals surface area contributed by atoms with Gasteiger partial charge in [-0.05, 0) is 25.0 Å². The molecule has 2 heterocycles. The number of piperidine rings is 1. The van der Waals surface area contributed by atoms with E-state index in [4.69, 9.17) is 0 Å². The quantitative estimate of drug-likeness (QED) is 0.726. The van der Waals surface area contributed by atoms with Crippen LogP contribution in [0.3, 0.4) is 0 Å². The highest BCUT2D eigenvalue weighted by Crippen LogP contribution is 2.40. The fraction of sp³-hybridized carbons (Fsp3) is 0.500. The van der Waals surface area contributed by atoms with Crippen LogP contribution >= 0.6 is 11.8 Å². The lowest BCUT2D eigenvalue weighted by Gasteiger charge is -2.44. The predicted octanol–water partition coefficient (Wildman–Crippen LogP) is 2.12. The highest BCUT2D eigenvalue weighted by molar-refractivity contribution is 7.99. The standard InChI is InChI=1S/C12H15NOS/c14-11-5-3-7-13-9-4-1-2-6-12(9)15-8-10(11)13/h1-2,4,6,10-11,14H,3,5,7-8H2. The van der Waals surface area contributed by atoms with E-state index in [2.05, 4.69) is 29.2 Å². The van der Waals surface area contributed by atoms with Crippen LogP contribution in [-0.4, -0.2) is 29.5 Å². The maximum atomic E-state index is 9.97. The zero-order valence-electron chi connectivity index (χ0n) is 8.60. The van der Waals surface area contributed by atoms with Crippen molar-refractivity contribution >= 4 is 17.4 Å². The number of hydrogen-bond donors (Lipinski definition) is 1. The summed E-state index contributed by atoms with van der Waals surface area (Å²) in [5.74, 6) is 1.03. The normalized spacial score (nSPS) is 29.5. The highest BCUT2D eigenvalue weighted by Gasteiger charge is 2.34. The molecule has 1 fully saturated rings. The molecule has 1 aromatic carbocycles. The maximum Gasteiger partial charge on any atom is 0.0752 e. The van der Waals surface area contributed by atoms with Crippen molar-refractivity contribution in [3.63, 3.8) is 0 Å². The minimum atomic E-state index is -0.139. The fourth-order valence-electron chi connectivity index (χ4n) is 2.53. The van der Waals surface area contributed by atoms with Gasteiger partial charge in [-0.25, -0.2) is 0 Å². The van der Waals surface area contributed by atoms with Gasteiger partial charge in [0.15, 0.2) is 0 Å². The third-order valence-corrected chi connectivity index (χ3v) is 4.49. The van der Waals surface area contributed by atoms with Gasteiger partial charge in [-0.2, -0.15) is 0 Å². The third-order valence-electron chi connectivity index (χ3n) is 3.33. The van der Waals surface area contributed by atoms with E-state index in [1.54, 1.807) is 0 Å². The van der Waals surface area contributed by atoms with Crippen LogP contribution in [0, 0.1) is 0 Å². The van der Waals surface area contributed by atoms with Crippen molar-refractivity contribution in [2.24, 2.45) is 0 Å². The average Bonchev–Trinajstić information content (AvgIpc) is 2.29. The first-order valence-electron chi connectivity index (χ1n) is 5.53. The van der Waals surface area contributed by atoms with Gasteiger partial charge in [0.25, 0.3) is 0 Å². The molecule has 1 saturated heterocycles. The zero-order valence-corrected chi connectivity index (χ0v) is 9.41. The van der Waals surface area contributed by atoms with Crippen molar-refractivity contribution in [3.8, 4) is 0 Å². The molecular weight excluding hydrogens is 206 g/mol. The summed E-state index contributed by atoms with van der Waals surface area (Å²) in [7, 11) is 0. The molecular formula is C12H15NOS. The molecule has 0 radical (unpaired) electrons. The Balaban J connectivity index is 1.99.